The highest BCUT2D eigenvalue weighted by Gasteiger charge is 2.20. The van der Waals surface area contributed by atoms with Crippen molar-refractivity contribution in [2.45, 2.75) is 13.3 Å². The molecule has 1 aliphatic rings. The van der Waals surface area contributed by atoms with E-state index in [1.54, 1.807) is 12.4 Å². The fraction of sp³-hybridized carbons (Fsp3) is 0.357. The van der Waals surface area contributed by atoms with Gasteiger partial charge >= 0.3 is 0 Å². The van der Waals surface area contributed by atoms with Crippen LogP contribution in [-0.4, -0.2) is 33.5 Å². The second kappa shape index (κ2) is 5.42. The van der Waals surface area contributed by atoms with Gasteiger partial charge in [-0.3, -0.25) is 9.36 Å². The van der Waals surface area contributed by atoms with E-state index in [0.29, 0.717) is 12.3 Å². The Bertz CT molecular complexity index is 600. The molecule has 0 aromatic carbocycles. The molecule has 3 rings (SSSR count). The number of aromatic nitrogens is 3. The number of carbonyl (C=O) groups excluding carboxylic acids is 1. The summed E-state index contributed by atoms with van der Waals surface area (Å²) in [6.45, 7) is 3.79. The minimum absolute atomic E-state index is 0.0462. The van der Waals surface area contributed by atoms with Gasteiger partial charge in [-0.25, -0.2) is 9.97 Å². The topological polar surface area (TPSA) is 71.8 Å². The van der Waals surface area contributed by atoms with E-state index in [1.165, 1.54) is 0 Å². The molecule has 1 amide bonds. The Morgan fingerprint density at radius 3 is 2.85 bits per heavy atom. The fourth-order valence-electron chi connectivity index (χ4n) is 2.19. The molecule has 0 saturated carbocycles. The molecule has 6 heteroatoms. The number of amides is 1. The molecule has 0 unspecified atom stereocenters. The normalized spacial score (nSPS) is 14.8. The van der Waals surface area contributed by atoms with E-state index in [4.69, 9.17) is 0 Å². The summed E-state index contributed by atoms with van der Waals surface area (Å²) in [5, 5.41) is 6.03. The number of aryl methyl sites for hydroxylation is 1. The number of imidazole rings is 1. The summed E-state index contributed by atoms with van der Waals surface area (Å²) >= 11 is 0. The first-order chi connectivity index (χ1) is 9.72. The first-order valence-electron chi connectivity index (χ1n) is 6.69. The van der Waals surface area contributed by atoms with Gasteiger partial charge in [-0.15, -0.1) is 0 Å². The lowest BCUT2D eigenvalue weighted by atomic mass is 9.99. The van der Waals surface area contributed by atoms with E-state index in [0.717, 1.165) is 30.4 Å². The van der Waals surface area contributed by atoms with E-state index in [-0.39, 0.29) is 5.91 Å². The molecule has 0 bridgehead atoms. The molecule has 2 aromatic rings. The lowest BCUT2D eigenvalue weighted by Crippen LogP contribution is -2.43. The molecule has 1 aliphatic heterocycles. The van der Waals surface area contributed by atoms with Crippen molar-refractivity contribution in [3.05, 3.63) is 36.5 Å². The van der Waals surface area contributed by atoms with Gasteiger partial charge in [-0.05, 0) is 38.1 Å². The average Bonchev–Trinajstić information content (AvgIpc) is 2.81. The second-order valence-electron chi connectivity index (χ2n) is 5.03. The molecule has 1 saturated heterocycles. The van der Waals surface area contributed by atoms with Crippen LogP contribution in [0.15, 0.2) is 30.7 Å². The van der Waals surface area contributed by atoms with Crippen molar-refractivity contribution >= 4 is 11.6 Å². The Morgan fingerprint density at radius 2 is 2.30 bits per heavy atom. The van der Waals surface area contributed by atoms with Crippen LogP contribution in [0.25, 0.3) is 5.82 Å². The van der Waals surface area contributed by atoms with Gasteiger partial charge in [0.25, 0.3) is 0 Å². The fourth-order valence-corrected chi connectivity index (χ4v) is 2.19. The van der Waals surface area contributed by atoms with Gasteiger partial charge in [0.15, 0.2) is 0 Å². The SMILES string of the molecule is Cc1nccn1-c1ccc(NC(=O)CC2CNC2)cn1. The maximum Gasteiger partial charge on any atom is 0.224 e. The van der Waals surface area contributed by atoms with E-state index in [2.05, 4.69) is 20.6 Å². The number of hydrogen-bond donors (Lipinski definition) is 2. The summed E-state index contributed by atoms with van der Waals surface area (Å²) in [5.41, 5.74) is 0.726. The van der Waals surface area contributed by atoms with E-state index < -0.39 is 0 Å². The summed E-state index contributed by atoms with van der Waals surface area (Å²) in [6, 6.07) is 3.73. The van der Waals surface area contributed by atoms with Gasteiger partial charge in [0.05, 0.1) is 11.9 Å². The first kappa shape index (κ1) is 12.8. The van der Waals surface area contributed by atoms with Crippen molar-refractivity contribution in [3.63, 3.8) is 0 Å². The van der Waals surface area contributed by atoms with Crippen LogP contribution >= 0.6 is 0 Å². The summed E-state index contributed by atoms with van der Waals surface area (Å²) in [4.78, 5) is 20.3. The van der Waals surface area contributed by atoms with Crippen LogP contribution in [0.3, 0.4) is 0 Å². The first-order valence-corrected chi connectivity index (χ1v) is 6.69. The smallest absolute Gasteiger partial charge is 0.224 e. The highest BCUT2D eigenvalue weighted by Crippen LogP contribution is 2.13. The summed E-state index contributed by atoms with van der Waals surface area (Å²) in [5.74, 6) is 2.19. The van der Waals surface area contributed by atoms with Crippen LogP contribution in [0.4, 0.5) is 5.69 Å². The molecule has 20 heavy (non-hydrogen) atoms. The molecule has 3 heterocycles. The Kier molecular flexibility index (Phi) is 3.47. The molecule has 1 fully saturated rings. The van der Waals surface area contributed by atoms with Gasteiger partial charge in [-0.1, -0.05) is 0 Å². The molecule has 0 radical (unpaired) electrons. The highest BCUT2D eigenvalue weighted by molar-refractivity contribution is 5.90. The maximum absolute atomic E-state index is 11.8. The van der Waals surface area contributed by atoms with Crippen LogP contribution in [0.1, 0.15) is 12.2 Å². The third-order valence-electron chi connectivity index (χ3n) is 3.44. The minimum Gasteiger partial charge on any atom is -0.325 e. The maximum atomic E-state index is 11.8. The van der Waals surface area contributed by atoms with Gasteiger partial charge in [0.1, 0.15) is 11.6 Å². The molecular weight excluding hydrogens is 254 g/mol. The van der Waals surface area contributed by atoms with Gasteiger partial charge in [0, 0.05) is 18.8 Å². The van der Waals surface area contributed by atoms with Crippen LogP contribution in [0.5, 0.6) is 0 Å². The van der Waals surface area contributed by atoms with Crippen molar-refractivity contribution < 1.29 is 4.79 Å². The number of hydrogen-bond acceptors (Lipinski definition) is 4. The Labute approximate surface area is 117 Å². The van der Waals surface area contributed by atoms with Crippen molar-refractivity contribution in [3.8, 4) is 5.82 Å². The summed E-state index contributed by atoms with van der Waals surface area (Å²) < 4.78 is 1.89. The van der Waals surface area contributed by atoms with Crippen molar-refractivity contribution in [2.24, 2.45) is 5.92 Å². The number of anilines is 1. The summed E-state index contributed by atoms with van der Waals surface area (Å²) in [7, 11) is 0. The molecule has 2 aromatic heterocycles. The second-order valence-corrected chi connectivity index (χ2v) is 5.03. The largest absolute Gasteiger partial charge is 0.325 e. The lowest BCUT2D eigenvalue weighted by molar-refractivity contribution is -0.117. The molecule has 6 nitrogen and oxygen atoms in total. The van der Waals surface area contributed by atoms with E-state index >= 15 is 0 Å². The van der Waals surface area contributed by atoms with Crippen LogP contribution in [0.2, 0.25) is 0 Å². The zero-order valence-corrected chi connectivity index (χ0v) is 11.3. The van der Waals surface area contributed by atoms with Crippen molar-refractivity contribution in [1.29, 1.82) is 0 Å². The third kappa shape index (κ3) is 2.70. The average molecular weight is 271 g/mol. The standard InChI is InChI=1S/C14H17N5O/c1-10-16-4-5-19(10)13-3-2-12(9-17-13)18-14(20)6-11-7-15-8-11/h2-5,9,11,15H,6-8H2,1H3,(H,18,20). The third-order valence-corrected chi connectivity index (χ3v) is 3.44. The van der Waals surface area contributed by atoms with Crippen LogP contribution in [-0.2, 0) is 4.79 Å². The van der Waals surface area contributed by atoms with Crippen molar-refractivity contribution in [1.82, 2.24) is 19.9 Å². The van der Waals surface area contributed by atoms with Crippen LogP contribution in [0, 0.1) is 12.8 Å². The molecule has 104 valence electrons. The van der Waals surface area contributed by atoms with Crippen molar-refractivity contribution in [2.75, 3.05) is 18.4 Å². The minimum atomic E-state index is 0.0462. The predicted molar refractivity (Wildman–Crippen MR) is 75.7 cm³/mol. The number of nitrogens with one attached hydrogen (secondary N) is 2. The van der Waals surface area contributed by atoms with Gasteiger partial charge < -0.3 is 10.6 Å². The number of rotatable bonds is 4. The monoisotopic (exact) mass is 271 g/mol. The van der Waals surface area contributed by atoms with Gasteiger partial charge in [0.2, 0.25) is 5.91 Å². The zero-order valence-electron chi connectivity index (χ0n) is 11.3. The molecular formula is C14H17N5O. The summed E-state index contributed by atoms with van der Waals surface area (Å²) in [6.07, 6.45) is 5.83. The zero-order chi connectivity index (χ0) is 13.9. The quantitative estimate of drug-likeness (QED) is 0.874. The van der Waals surface area contributed by atoms with Gasteiger partial charge in [-0.2, -0.15) is 0 Å². The molecule has 0 atom stereocenters. The van der Waals surface area contributed by atoms with E-state index in [9.17, 15) is 4.79 Å². The Balaban J connectivity index is 1.64. The van der Waals surface area contributed by atoms with Crippen LogP contribution < -0.4 is 10.6 Å². The predicted octanol–water partition coefficient (Wildman–Crippen LogP) is 1.12. The Morgan fingerprint density at radius 1 is 1.45 bits per heavy atom. The number of carbonyl (C=O) groups is 1. The number of nitrogens with zero attached hydrogens (tertiary/aromatic N) is 3. The lowest BCUT2D eigenvalue weighted by Gasteiger charge is -2.26. The molecule has 0 aliphatic carbocycles. The van der Waals surface area contributed by atoms with E-state index in [1.807, 2.05) is 29.8 Å². The molecule has 0 spiro atoms. The molecule has 2 N–H and O–H groups in total. The highest BCUT2D eigenvalue weighted by atomic mass is 16.1. The number of pyridine rings is 1. The Hall–Kier alpha value is -2.21.